The number of benzene rings is 1. The smallest absolute Gasteiger partial charge is 0.237 e. The van der Waals surface area contributed by atoms with Gasteiger partial charge in [-0.25, -0.2) is 0 Å². The summed E-state index contributed by atoms with van der Waals surface area (Å²) in [7, 11) is 0. The monoisotopic (exact) mass is 348 g/mol. The molecule has 1 heterocycles. The van der Waals surface area contributed by atoms with Gasteiger partial charge in [-0.1, -0.05) is 36.4 Å². The molecule has 0 spiro atoms. The molecule has 1 aliphatic heterocycles. The van der Waals surface area contributed by atoms with Crippen molar-refractivity contribution in [2.45, 2.75) is 38.5 Å². The number of fused-ring (bicyclic) bond motifs is 1. The first kappa shape index (κ1) is 17.0. The van der Waals surface area contributed by atoms with Gasteiger partial charge >= 0.3 is 0 Å². The van der Waals surface area contributed by atoms with Crippen LogP contribution in [0.5, 0.6) is 0 Å². The van der Waals surface area contributed by atoms with Crippen molar-refractivity contribution in [3.05, 3.63) is 47.5 Å². The fraction of sp³-hybridized carbons (Fsp3) is 0.500. The van der Waals surface area contributed by atoms with Crippen molar-refractivity contribution in [1.29, 1.82) is 5.26 Å². The van der Waals surface area contributed by atoms with Gasteiger partial charge in [0.2, 0.25) is 5.91 Å². The topological polar surface area (TPSA) is 61.2 Å². The summed E-state index contributed by atoms with van der Waals surface area (Å²) >= 11 is 0. The fourth-order valence-electron chi connectivity index (χ4n) is 4.79. The third kappa shape index (κ3) is 2.34. The number of amides is 1. The van der Waals surface area contributed by atoms with Gasteiger partial charge in [0.1, 0.15) is 5.92 Å². The summed E-state index contributed by atoms with van der Waals surface area (Å²) in [5, 5.41) is 9.64. The third-order valence-electron chi connectivity index (χ3n) is 6.34. The molecule has 134 valence electrons. The SMILES string of the molecule is CC1(C)C(=O)C(C#N)C[C@]2(c3ccccc3)C(=O)N(CC3CC3)CC=C12. The molecule has 0 radical (unpaired) electrons. The molecule has 4 nitrogen and oxygen atoms in total. The van der Waals surface area contributed by atoms with E-state index in [9.17, 15) is 14.9 Å². The molecule has 1 aromatic rings. The van der Waals surface area contributed by atoms with Crippen molar-refractivity contribution >= 4 is 11.7 Å². The molecule has 2 saturated carbocycles. The highest BCUT2D eigenvalue weighted by Crippen LogP contribution is 2.54. The maximum atomic E-state index is 13.8. The molecule has 0 saturated heterocycles. The van der Waals surface area contributed by atoms with E-state index in [4.69, 9.17) is 0 Å². The van der Waals surface area contributed by atoms with Gasteiger partial charge in [-0.05, 0) is 50.2 Å². The molecular weight excluding hydrogens is 324 g/mol. The molecule has 1 amide bonds. The van der Waals surface area contributed by atoms with Gasteiger partial charge in [0.15, 0.2) is 5.78 Å². The number of nitriles is 1. The van der Waals surface area contributed by atoms with Crippen molar-refractivity contribution in [2.24, 2.45) is 17.3 Å². The van der Waals surface area contributed by atoms with Gasteiger partial charge in [0, 0.05) is 18.5 Å². The number of carbonyl (C=O) groups excluding carboxylic acids is 2. The Bertz CT molecular complexity index is 829. The zero-order valence-electron chi connectivity index (χ0n) is 15.4. The number of ketones is 1. The zero-order valence-corrected chi connectivity index (χ0v) is 15.4. The van der Waals surface area contributed by atoms with E-state index >= 15 is 0 Å². The maximum Gasteiger partial charge on any atom is 0.237 e. The van der Waals surface area contributed by atoms with Gasteiger partial charge in [0.25, 0.3) is 0 Å². The number of nitrogens with zero attached hydrogens (tertiary/aromatic N) is 2. The molecule has 1 aromatic carbocycles. The molecule has 26 heavy (non-hydrogen) atoms. The molecule has 2 atom stereocenters. The van der Waals surface area contributed by atoms with E-state index in [1.807, 2.05) is 49.1 Å². The molecule has 2 aliphatic carbocycles. The summed E-state index contributed by atoms with van der Waals surface area (Å²) in [5.74, 6) is -0.158. The lowest BCUT2D eigenvalue weighted by Gasteiger charge is -2.51. The highest BCUT2D eigenvalue weighted by Gasteiger charge is 2.60. The predicted octanol–water partition coefficient (Wildman–Crippen LogP) is 3.24. The summed E-state index contributed by atoms with van der Waals surface area (Å²) in [4.78, 5) is 28.6. The minimum Gasteiger partial charge on any atom is -0.338 e. The molecule has 1 unspecified atom stereocenters. The highest BCUT2D eigenvalue weighted by molar-refractivity contribution is 6.02. The van der Waals surface area contributed by atoms with Crippen LogP contribution in [0.1, 0.15) is 38.7 Å². The molecule has 2 fully saturated rings. The summed E-state index contributed by atoms with van der Waals surface area (Å²) in [6.07, 6.45) is 4.71. The lowest BCUT2D eigenvalue weighted by Crippen LogP contribution is -2.60. The van der Waals surface area contributed by atoms with Crippen molar-refractivity contribution in [3.63, 3.8) is 0 Å². The largest absolute Gasteiger partial charge is 0.338 e. The second kappa shape index (κ2) is 5.81. The Kier molecular flexibility index (Phi) is 3.80. The van der Waals surface area contributed by atoms with Crippen LogP contribution in [0.25, 0.3) is 0 Å². The Hall–Kier alpha value is -2.41. The molecule has 0 aromatic heterocycles. The average molecular weight is 348 g/mol. The van der Waals surface area contributed by atoms with E-state index in [2.05, 4.69) is 12.1 Å². The van der Waals surface area contributed by atoms with Crippen LogP contribution >= 0.6 is 0 Å². The maximum absolute atomic E-state index is 13.8. The van der Waals surface area contributed by atoms with Crippen LogP contribution in [0.3, 0.4) is 0 Å². The van der Waals surface area contributed by atoms with Crippen LogP contribution in [0.4, 0.5) is 0 Å². The zero-order chi connectivity index (χ0) is 18.5. The highest BCUT2D eigenvalue weighted by atomic mass is 16.2. The quantitative estimate of drug-likeness (QED) is 0.788. The van der Waals surface area contributed by atoms with Crippen LogP contribution in [-0.2, 0) is 15.0 Å². The average Bonchev–Trinajstić information content (AvgIpc) is 3.46. The second-order valence-corrected chi connectivity index (χ2v) is 8.42. The molecule has 0 N–H and O–H groups in total. The lowest BCUT2D eigenvalue weighted by atomic mass is 9.52. The summed E-state index contributed by atoms with van der Waals surface area (Å²) in [6, 6.07) is 11.9. The van der Waals surface area contributed by atoms with Gasteiger partial charge in [-0.3, -0.25) is 9.59 Å². The van der Waals surface area contributed by atoms with Crippen LogP contribution in [0.2, 0.25) is 0 Å². The minimum absolute atomic E-state index is 0.0638. The van der Waals surface area contributed by atoms with E-state index in [-0.39, 0.29) is 18.1 Å². The van der Waals surface area contributed by atoms with E-state index in [1.54, 1.807) is 0 Å². The van der Waals surface area contributed by atoms with Gasteiger partial charge in [-0.15, -0.1) is 0 Å². The predicted molar refractivity (Wildman–Crippen MR) is 98.0 cm³/mol. The minimum atomic E-state index is -0.897. The van der Waals surface area contributed by atoms with Crippen molar-refractivity contribution in [1.82, 2.24) is 4.90 Å². The number of carbonyl (C=O) groups is 2. The number of hydrogen-bond acceptors (Lipinski definition) is 3. The third-order valence-corrected chi connectivity index (χ3v) is 6.34. The first-order valence-electron chi connectivity index (χ1n) is 9.41. The Morgan fingerprint density at radius 1 is 1.19 bits per heavy atom. The lowest BCUT2D eigenvalue weighted by molar-refractivity contribution is -0.142. The van der Waals surface area contributed by atoms with Crippen molar-refractivity contribution < 1.29 is 9.59 Å². The summed E-state index contributed by atoms with van der Waals surface area (Å²) in [6.45, 7) is 5.08. The molecule has 3 aliphatic rings. The Morgan fingerprint density at radius 3 is 2.50 bits per heavy atom. The van der Waals surface area contributed by atoms with Crippen molar-refractivity contribution in [3.8, 4) is 6.07 Å². The summed E-state index contributed by atoms with van der Waals surface area (Å²) < 4.78 is 0. The van der Waals surface area contributed by atoms with E-state index in [1.165, 1.54) is 12.8 Å². The number of Topliss-reactive ketones (excluding diaryl/α,β-unsaturated/α-hetero) is 1. The van der Waals surface area contributed by atoms with E-state index in [0.29, 0.717) is 12.5 Å². The van der Waals surface area contributed by atoms with E-state index < -0.39 is 16.7 Å². The Balaban J connectivity index is 1.90. The van der Waals surface area contributed by atoms with Crippen LogP contribution < -0.4 is 0 Å². The fourth-order valence-corrected chi connectivity index (χ4v) is 4.79. The first-order chi connectivity index (χ1) is 12.4. The van der Waals surface area contributed by atoms with Crippen molar-refractivity contribution in [2.75, 3.05) is 13.1 Å². The molecule has 4 rings (SSSR count). The van der Waals surface area contributed by atoms with Crippen LogP contribution in [0.15, 0.2) is 42.0 Å². The molecule has 4 heteroatoms. The number of rotatable bonds is 3. The summed E-state index contributed by atoms with van der Waals surface area (Å²) in [5.41, 5.74) is 0.0736. The van der Waals surface area contributed by atoms with Gasteiger partial charge in [0.05, 0.1) is 11.5 Å². The molecule has 0 bridgehead atoms. The molecular formula is C22H24N2O2. The Labute approximate surface area is 154 Å². The number of hydrogen-bond donors (Lipinski definition) is 0. The second-order valence-electron chi connectivity index (χ2n) is 8.42. The van der Waals surface area contributed by atoms with Crippen LogP contribution in [0, 0.1) is 28.6 Å². The van der Waals surface area contributed by atoms with Crippen LogP contribution in [-0.4, -0.2) is 29.7 Å². The van der Waals surface area contributed by atoms with Gasteiger partial charge < -0.3 is 4.90 Å². The van der Waals surface area contributed by atoms with Gasteiger partial charge in [-0.2, -0.15) is 5.26 Å². The normalized spacial score (nSPS) is 30.4. The standard InChI is InChI=1S/C22H24N2O2/c1-21(2)18-10-11-24(14-15-8-9-15)20(26)22(18,12-16(13-23)19(21)25)17-6-4-3-5-7-17/h3-7,10,15-16H,8-9,11-12,14H2,1-2H3/t16?,22-/m1/s1. The Morgan fingerprint density at radius 2 is 1.88 bits per heavy atom. The van der Waals surface area contributed by atoms with E-state index in [0.717, 1.165) is 17.7 Å². The first-order valence-corrected chi connectivity index (χ1v) is 9.41.